The summed E-state index contributed by atoms with van der Waals surface area (Å²) in [4.78, 5) is 27.5. The third-order valence-electron chi connectivity index (χ3n) is 4.25. The van der Waals surface area contributed by atoms with Crippen molar-refractivity contribution in [2.75, 3.05) is 58.4 Å². The molecular weight excluding hydrogens is 379 g/mol. The van der Waals surface area contributed by atoms with Gasteiger partial charge in [0.15, 0.2) is 0 Å². The van der Waals surface area contributed by atoms with E-state index in [-0.39, 0.29) is 12.6 Å². The van der Waals surface area contributed by atoms with E-state index in [4.69, 9.17) is 0 Å². The number of rotatable bonds is 7. The second kappa shape index (κ2) is 10.3. The van der Waals surface area contributed by atoms with Crippen LogP contribution in [0.5, 0.6) is 0 Å². The summed E-state index contributed by atoms with van der Waals surface area (Å²) in [6, 6.07) is 6.15. The molecule has 0 unspecified atom stereocenters. The number of nitrogens with zero attached hydrogens (tertiary/aromatic N) is 2. The molecule has 0 radical (unpaired) electrons. The fourth-order valence-electron chi connectivity index (χ4n) is 2.76. The minimum atomic E-state index is -4.29. The van der Waals surface area contributed by atoms with E-state index >= 15 is 0 Å². The van der Waals surface area contributed by atoms with Gasteiger partial charge in [-0.15, -0.1) is 0 Å². The number of alkyl halides is 3. The van der Waals surface area contributed by atoms with Crippen LogP contribution < -0.4 is 5.32 Å². The van der Waals surface area contributed by atoms with Crippen molar-refractivity contribution in [1.82, 2.24) is 9.80 Å². The number of esters is 1. The largest absolute Gasteiger partial charge is 0.465 e. The number of hydrogen-bond acceptors (Lipinski definition) is 5. The summed E-state index contributed by atoms with van der Waals surface area (Å²) < 4.78 is 45.2. The van der Waals surface area contributed by atoms with Gasteiger partial charge in [0.05, 0.1) is 12.7 Å². The van der Waals surface area contributed by atoms with Crippen LogP contribution in [0.3, 0.4) is 0 Å². The van der Waals surface area contributed by atoms with Crippen LogP contribution in [-0.4, -0.2) is 81.0 Å². The van der Waals surface area contributed by atoms with Gasteiger partial charge in [0.25, 0.3) is 0 Å². The highest BCUT2D eigenvalue weighted by atomic mass is 19.4. The Morgan fingerprint density at radius 2 is 1.75 bits per heavy atom. The number of piperazine rings is 1. The zero-order chi connectivity index (χ0) is 20.6. The van der Waals surface area contributed by atoms with Gasteiger partial charge in [0.2, 0.25) is 0 Å². The minimum Gasteiger partial charge on any atom is -0.465 e. The summed E-state index contributed by atoms with van der Waals surface area (Å²) in [5, 5.41) is 2.77. The molecule has 1 aromatic carbocycles. The second-order valence-electron chi connectivity index (χ2n) is 6.35. The molecule has 2 amide bonds. The van der Waals surface area contributed by atoms with Crippen molar-refractivity contribution >= 4 is 17.7 Å². The number of carbonyl (C=O) groups excluding carboxylic acids is 2. The van der Waals surface area contributed by atoms with Crippen LogP contribution in [0.1, 0.15) is 16.8 Å². The van der Waals surface area contributed by atoms with Gasteiger partial charge in [-0.2, -0.15) is 13.2 Å². The maximum Gasteiger partial charge on any atom is 0.411 e. The highest BCUT2D eigenvalue weighted by Crippen LogP contribution is 2.15. The van der Waals surface area contributed by atoms with Crippen LogP contribution in [0.15, 0.2) is 24.3 Å². The monoisotopic (exact) mass is 403 g/mol. The lowest BCUT2D eigenvalue weighted by molar-refractivity contribution is -0.174. The molecule has 0 bridgehead atoms. The van der Waals surface area contributed by atoms with E-state index in [0.717, 1.165) is 0 Å². The maximum absolute atomic E-state index is 12.3. The van der Waals surface area contributed by atoms with Crippen molar-refractivity contribution in [3.63, 3.8) is 0 Å². The Morgan fingerprint density at radius 3 is 2.32 bits per heavy atom. The van der Waals surface area contributed by atoms with Crippen molar-refractivity contribution in [2.24, 2.45) is 0 Å². The molecule has 1 N–H and O–H groups in total. The lowest BCUT2D eigenvalue weighted by Gasteiger charge is -2.34. The van der Waals surface area contributed by atoms with Crippen molar-refractivity contribution in [3.8, 4) is 0 Å². The highest BCUT2D eigenvalue weighted by Gasteiger charge is 2.27. The Balaban J connectivity index is 1.67. The second-order valence-corrected chi connectivity index (χ2v) is 6.35. The van der Waals surface area contributed by atoms with E-state index in [0.29, 0.717) is 50.4 Å². The molecule has 1 heterocycles. The van der Waals surface area contributed by atoms with Crippen LogP contribution >= 0.6 is 0 Å². The molecule has 1 aliphatic rings. The number of urea groups is 1. The van der Waals surface area contributed by atoms with E-state index in [1.807, 2.05) is 0 Å². The lowest BCUT2D eigenvalue weighted by atomic mass is 10.2. The van der Waals surface area contributed by atoms with E-state index in [1.54, 1.807) is 29.2 Å². The van der Waals surface area contributed by atoms with Gasteiger partial charge in [-0.25, -0.2) is 9.59 Å². The lowest BCUT2D eigenvalue weighted by Crippen LogP contribution is -2.50. The topological polar surface area (TPSA) is 71.1 Å². The Morgan fingerprint density at radius 1 is 1.11 bits per heavy atom. The molecule has 156 valence electrons. The summed E-state index contributed by atoms with van der Waals surface area (Å²) in [5.41, 5.74) is 0.968. The molecule has 1 fully saturated rings. The summed E-state index contributed by atoms with van der Waals surface area (Å²) in [7, 11) is 1.30. The molecule has 0 spiro atoms. The number of halogens is 3. The van der Waals surface area contributed by atoms with E-state index in [9.17, 15) is 22.8 Å². The third-order valence-corrected chi connectivity index (χ3v) is 4.25. The maximum atomic E-state index is 12.3. The first-order valence-corrected chi connectivity index (χ1v) is 8.89. The first kappa shape index (κ1) is 22.0. The average molecular weight is 403 g/mol. The molecule has 0 aliphatic carbocycles. The predicted molar refractivity (Wildman–Crippen MR) is 96.3 cm³/mol. The molecule has 0 saturated carbocycles. The summed E-state index contributed by atoms with van der Waals surface area (Å²) in [5.74, 6) is -0.446. The SMILES string of the molecule is COC(=O)c1ccc(NC(=O)N2CCN(CCCOCC(F)(F)F)CC2)cc1. The van der Waals surface area contributed by atoms with E-state index in [1.165, 1.54) is 7.11 Å². The van der Waals surface area contributed by atoms with Crippen LogP contribution in [0, 0.1) is 0 Å². The first-order chi connectivity index (χ1) is 13.3. The number of methoxy groups -OCH3 is 1. The molecule has 0 aromatic heterocycles. The van der Waals surface area contributed by atoms with Gasteiger partial charge in [-0.3, -0.25) is 4.90 Å². The molecule has 10 heteroatoms. The molecule has 2 rings (SSSR count). The summed E-state index contributed by atoms with van der Waals surface area (Å²) in [6.45, 7) is 1.80. The van der Waals surface area contributed by atoms with Gasteiger partial charge in [-0.05, 0) is 30.7 Å². The van der Waals surface area contributed by atoms with Gasteiger partial charge in [-0.1, -0.05) is 0 Å². The van der Waals surface area contributed by atoms with Gasteiger partial charge < -0.3 is 19.7 Å². The number of ether oxygens (including phenoxy) is 2. The quantitative estimate of drug-likeness (QED) is 0.560. The molecule has 1 saturated heterocycles. The standard InChI is InChI=1S/C18H24F3N3O4/c1-27-16(25)14-3-5-15(6-4-14)22-17(26)24-10-8-23(9-11-24)7-2-12-28-13-18(19,20)21/h3-6H,2,7-13H2,1H3,(H,22,26). The van der Waals surface area contributed by atoms with Crippen molar-refractivity contribution in [2.45, 2.75) is 12.6 Å². The van der Waals surface area contributed by atoms with E-state index in [2.05, 4.69) is 19.7 Å². The van der Waals surface area contributed by atoms with Gasteiger partial charge in [0, 0.05) is 45.0 Å². The number of hydrogen-bond donors (Lipinski definition) is 1. The zero-order valence-electron chi connectivity index (χ0n) is 15.6. The van der Waals surface area contributed by atoms with Crippen LogP contribution in [0.25, 0.3) is 0 Å². The number of amides is 2. The molecular formula is C18H24F3N3O4. The Kier molecular flexibility index (Phi) is 8.06. The Bertz CT molecular complexity index is 644. The molecule has 1 aliphatic heterocycles. The molecule has 1 aromatic rings. The highest BCUT2D eigenvalue weighted by molar-refractivity contribution is 5.92. The Hall–Kier alpha value is -2.33. The fraction of sp³-hybridized carbons (Fsp3) is 0.556. The molecule has 7 nitrogen and oxygen atoms in total. The van der Waals surface area contributed by atoms with Crippen molar-refractivity contribution < 1.29 is 32.2 Å². The first-order valence-electron chi connectivity index (χ1n) is 8.89. The predicted octanol–water partition coefficient (Wildman–Crippen LogP) is 2.59. The number of nitrogens with one attached hydrogen (secondary N) is 1. The number of anilines is 1. The molecule has 0 atom stereocenters. The van der Waals surface area contributed by atoms with Crippen LogP contribution in [0.4, 0.5) is 23.7 Å². The van der Waals surface area contributed by atoms with Gasteiger partial charge >= 0.3 is 18.2 Å². The van der Waals surface area contributed by atoms with Crippen molar-refractivity contribution in [1.29, 1.82) is 0 Å². The third kappa shape index (κ3) is 7.35. The van der Waals surface area contributed by atoms with Crippen molar-refractivity contribution in [3.05, 3.63) is 29.8 Å². The van der Waals surface area contributed by atoms with Crippen LogP contribution in [0.2, 0.25) is 0 Å². The average Bonchev–Trinajstić information content (AvgIpc) is 2.67. The zero-order valence-corrected chi connectivity index (χ0v) is 15.6. The number of benzene rings is 1. The molecule has 28 heavy (non-hydrogen) atoms. The fourth-order valence-corrected chi connectivity index (χ4v) is 2.76. The minimum absolute atomic E-state index is 0.0573. The van der Waals surface area contributed by atoms with Crippen LogP contribution in [-0.2, 0) is 9.47 Å². The summed E-state index contributed by atoms with van der Waals surface area (Å²) in [6.07, 6.45) is -3.78. The summed E-state index contributed by atoms with van der Waals surface area (Å²) >= 11 is 0. The normalized spacial score (nSPS) is 15.4. The van der Waals surface area contributed by atoms with Gasteiger partial charge in [0.1, 0.15) is 6.61 Å². The van der Waals surface area contributed by atoms with E-state index < -0.39 is 18.8 Å². The Labute approximate surface area is 161 Å². The smallest absolute Gasteiger partial charge is 0.411 e. The number of carbonyl (C=O) groups is 2.